The van der Waals surface area contributed by atoms with Gasteiger partial charge in [-0.25, -0.2) is 9.18 Å². The van der Waals surface area contributed by atoms with Crippen molar-refractivity contribution in [2.45, 2.75) is 19.0 Å². The molecule has 0 aliphatic rings. The Bertz CT molecular complexity index is 579. The van der Waals surface area contributed by atoms with Gasteiger partial charge >= 0.3 is 6.03 Å². The van der Waals surface area contributed by atoms with Gasteiger partial charge in [-0.3, -0.25) is 9.59 Å². The van der Waals surface area contributed by atoms with Crippen molar-refractivity contribution in [2.24, 2.45) is 11.5 Å². The Hall–Kier alpha value is -2.84. The average Bonchev–Trinajstić information content (AvgIpc) is 2.43. The molecule has 0 fully saturated rings. The second-order valence-corrected chi connectivity index (χ2v) is 4.47. The summed E-state index contributed by atoms with van der Waals surface area (Å²) in [6.07, 6.45) is 0. The molecule has 0 bridgehead atoms. The zero-order valence-corrected chi connectivity index (χ0v) is 12.1. The van der Waals surface area contributed by atoms with Crippen LogP contribution in [-0.4, -0.2) is 31.0 Å². The molecule has 0 saturated carbocycles. The maximum Gasteiger partial charge on any atom is 0.316 e. The molecule has 0 aliphatic heterocycles. The number of urea groups is 1. The fourth-order valence-corrected chi connectivity index (χ4v) is 1.69. The standard InChI is InChI=1S/C13H17FN4O4/c1-6(7-3-4-9(22-2)8(14)5-7)17-13(21)18-10(11(15)19)12(16)20/h3-6,10H,1-2H3,(H2,15,19)(H2,16,20)(H2,17,18,21). The van der Waals surface area contributed by atoms with E-state index in [9.17, 15) is 18.8 Å². The molecule has 1 rings (SSSR count). The van der Waals surface area contributed by atoms with Crippen LogP contribution in [-0.2, 0) is 9.59 Å². The van der Waals surface area contributed by atoms with Gasteiger partial charge in [0.2, 0.25) is 11.8 Å². The van der Waals surface area contributed by atoms with E-state index >= 15 is 0 Å². The number of carbonyl (C=O) groups excluding carboxylic acids is 3. The number of hydrogen-bond donors (Lipinski definition) is 4. The van der Waals surface area contributed by atoms with E-state index in [1.165, 1.54) is 19.2 Å². The molecule has 0 saturated heterocycles. The van der Waals surface area contributed by atoms with Crippen LogP contribution in [0.5, 0.6) is 5.75 Å². The third kappa shape index (κ3) is 4.33. The fourth-order valence-electron chi connectivity index (χ4n) is 1.69. The quantitative estimate of drug-likeness (QED) is 0.528. The molecule has 0 aromatic heterocycles. The second kappa shape index (κ2) is 7.25. The van der Waals surface area contributed by atoms with E-state index in [1.54, 1.807) is 13.0 Å². The molecule has 1 unspecified atom stereocenters. The Kier molecular flexibility index (Phi) is 5.67. The molecule has 120 valence electrons. The lowest BCUT2D eigenvalue weighted by Gasteiger charge is -2.18. The molecule has 9 heteroatoms. The molecule has 0 radical (unpaired) electrons. The molecule has 1 aromatic carbocycles. The van der Waals surface area contributed by atoms with Gasteiger partial charge in [0, 0.05) is 0 Å². The first-order valence-electron chi connectivity index (χ1n) is 6.25. The molecular weight excluding hydrogens is 295 g/mol. The van der Waals surface area contributed by atoms with Gasteiger partial charge in [-0.2, -0.15) is 0 Å². The number of hydrogen-bond acceptors (Lipinski definition) is 4. The van der Waals surface area contributed by atoms with Crippen LogP contribution in [0.4, 0.5) is 9.18 Å². The number of nitrogens with two attached hydrogens (primary N) is 2. The highest BCUT2D eigenvalue weighted by molar-refractivity contribution is 6.05. The van der Waals surface area contributed by atoms with E-state index in [2.05, 4.69) is 5.32 Å². The lowest BCUT2D eigenvalue weighted by molar-refractivity contribution is -0.128. The topological polar surface area (TPSA) is 137 Å². The highest BCUT2D eigenvalue weighted by Gasteiger charge is 2.24. The van der Waals surface area contributed by atoms with Gasteiger partial charge < -0.3 is 26.8 Å². The van der Waals surface area contributed by atoms with Crippen LogP contribution in [0.3, 0.4) is 0 Å². The van der Waals surface area contributed by atoms with Crippen LogP contribution < -0.4 is 26.8 Å². The number of carbonyl (C=O) groups is 3. The largest absolute Gasteiger partial charge is 0.494 e. The number of benzene rings is 1. The Morgan fingerprint density at radius 3 is 2.23 bits per heavy atom. The molecule has 1 atom stereocenters. The number of primary amides is 2. The summed E-state index contributed by atoms with van der Waals surface area (Å²) in [7, 11) is 1.33. The van der Waals surface area contributed by atoms with E-state index in [-0.39, 0.29) is 5.75 Å². The van der Waals surface area contributed by atoms with E-state index in [0.717, 1.165) is 0 Å². The van der Waals surface area contributed by atoms with Gasteiger partial charge in [0.05, 0.1) is 13.2 Å². The summed E-state index contributed by atoms with van der Waals surface area (Å²) in [6.45, 7) is 1.59. The third-order valence-corrected chi connectivity index (χ3v) is 2.87. The molecular formula is C13H17FN4O4. The molecule has 0 aliphatic carbocycles. The van der Waals surface area contributed by atoms with Crippen molar-refractivity contribution >= 4 is 17.8 Å². The van der Waals surface area contributed by atoms with Crippen LogP contribution in [0.15, 0.2) is 18.2 Å². The maximum absolute atomic E-state index is 13.6. The number of ether oxygens (including phenoxy) is 1. The van der Waals surface area contributed by atoms with E-state index < -0.39 is 35.7 Å². The smallest absolute Gasteiger partial charge is 0.316 e. The van der Waals surface area contributed by atoms with Crippen molar-refractivity contribution in [3.05, 3.63) is 29.6 Å². The number of nitrogens with one attached hydrogen (secondary N) is 2. The predicted octanol–water partition coefficient (Wildman–Crippen LogP) is -0.466. The van der Waals surface area contributed by atoms with Crippen molar-refractivity contribution in [1.82, 2.24) is 10.6 Å². The number of amides is 4. The Balaban J connectivity index is 2.73. The second-order valence-electron chi connectivity index (χ2n) is 4.47. The maximum atomic E-state index is 13.6. The summed E-state index contributed by atoms with van der Waals surface area (Å²) in [5, 5.41) is 4.46. The van der Waals surface area contributed by atoms with Crippen LogP contribution in [0.2, 0.25) is 0 Å². The number of rotatable bonds is 6. The lowest BCUT2D eigenvalue weighted by atomic mass is 10.1. The van der Waals surface area contributed by atoms with Crippen molar-refractivity contribution in [3.63, 3.8) is 0 Å². The average molecular weight is 312 g/mol. The van der Waals surface area contributed by atoms with E-state index in [4.69, 9.17) is 16.2 Å². The Morgan fingerprint density at radius 1 is 1.18 bits per heavy atom. The van der Waals surface area contributed by atoms with Crippen LogP contribution in [0.1, 0.15) is 18.5 Å². The number of halogens is 1. The van der Waals surface area contributed by atoms with Gasteiger partial charge in [0.15, 0.2) is 17.6 Å². The van der Waals surface area contributed by atoms with Crippen molar-refractivity contribution in [2.75, 3.05) is 7.11 Å². The summed E-state index contributed by atoms with van der Waals surface area (Å²) >= 11 is 0. The molecule has 6 N–H and O–H groups in total. The van der Waals surface area contributed by atoms with Gasteiger partial charge in [-0.1, -0.05) is 6.07 Å². The van der Waals surface area contributed by atoms with Crippen LogP contribution in [0.25, 0.3) is 0 Å². The van der Waals surface area contributed by atoms with E-state index in [1.807, 2.05) is 5.32 Å². The van der Waals surface area contributed by atoms with Gasteiger partial charge in [-0.15, -0.1) is 0 Å². The highest BCUT2D eigenvalue weighted by Crippen LogP contribution is 2.21. The first-order valence-corrected chi connectivity index (χ1v) is 6.25. The van der Waals surface area contributed by atoms with E-state index in [0.29, 0.717) is 5.56 Å². The predicted molar refractivity (Wildman–Crippen MR) is 75.2 cm³/mol. The molecule has 4 amide bonds. The monoisotopic (exact) mass is 312 g/mol. The summed E-state index contributed by atoms with van der Waals surface area (Å²) in [4.78, 5) is 33.6. The van der Waals surface area contributed by atoms with Gasteiger partial charge in [0.25, 0.3) is 0 Å². The third-order valence-electron chi connectivity index (χ3n) is 2.87. The highest BCUT2D eigenvalue weighted by atomic mass is 19.1. The zero-order chi connectivity index (χ0) is 16.9. The lowest BCUT2D eigenvalue weighted by Crippen LogP contribution is -2.55. The summed E-state index contributed by atoms with van der Waals surface area (Å²) < 4.78 is 18.4. The zero-order valence-electron chi connectivity index (χ0n) is 12.1. The normalized spacial score (nSPS) is 11.6. The first-order chi connectivity index (χ1) is 10.3. The Morgan fingerprint density at radius 2 is 1.77 bits per heavy atom. The minimum absolute atomic E-state index is 0.0722. The minimum Gasteiger partial charge on any atom is -0.494 e. The van der Waals surface area contributed by atoms with Crippen LogP contribution in [0, 0.1) is 5.82 Å². The minimum atomic E-state index is -1.63. The van der Waals surface area contributed by atoms with Crippen molar-refractivity contribution in [3.8, 4) is 5.75 Å². The molecule has 22 heavy (non-hydrogen) atoms. The SMILES string of the molecule is COc1ccc(C(C)NC(=O)NC(C(N)=O)C(N)=O)cc1F. The van der Waals surface area contributed by atoms with Crippen molar-refractivity contribution in [1.29, 1.82) is 0 Å². The first kappa shape index (κ1) is 17.2. The molecule has 1 aromatic rings. The summed E-state index contributed by atoms with van der Waals surface area (Å²) in [6, 6.07) is 1.11. The molecule has 8 nitrogen and oxygen atoms in total. The summed E-state index contributed by atoms with van der Waals surface area (Å²) in [5.74, 6) is -2.67. The molecule has 0 heterocycles. The summed E-state index contributed by atoms with van der Waals surface area (Å²) in [5.41, 5.74) is 10.3. The van der Waals surface area contributed by atoms with Crippen molar-refractivity contribution < 1.29 is 23.5 Å². The van der Waals surface area contributed by atoms with Crippen LogP contribution >= 0.6 is 0 Å². The van der Waals surface area contributed by atoms with Gasteiger partial charge in [-0.05, 0) is 24.6 Å². The number of methoxy groups -OCH3 is 1. The fraction of sp³-hybridized carbons (Fsp3) is 0.308. The molecule has 0 spiro atoms. The van der Waals surface area contributed by atoms with Gasteiger partial charge in [0.1, 0.15) is 0 Å². The Labute approximate surface area is 126 Å².